The largest absolute Gasteiger partial charge is 0.492 e. The summed E-state index contributed by atoms with van der Waals surface area (Å²) in [5.74, 6) is 1.32. The average molecular weight is 480 g/mol. The number of hydrogen-bond acceptors (Lipinski definition) is 5. The Kier molecular flexibility index (Phi) is 9.39. The number of nitrogens with zero attached hydrogens (tertiary/aromatic N) is 1. The molecule has 0 saturated heterocycles. The number of rotatable bonds is 13. The monoisotopic (exact) mass is 479 g/mol. The summed E-state index contributed by atoms with van der Waals surface area (Å²) in [6, 6.07) is 16.3. The predicted molar refractivity (Wildman–Crippen MR) is 142 cm³/mol. The highest BCUT2D eigenvalue weighted by atomic mass is 16.5. The molecule has 3 rings (SSSR count). The maximum atomic E-state index is 13.1. The Morgan fingerprint density at radius 2 is 1.71 bits per heavy atom. The maximum absolute atomic E-state index is 13.1. The minimum atomic E-state index is -0.798. The second-order valence-electron chi connectivity index (χ2n) is 9.63. The van der Waals surface area contributed by atoms with Gasteiger partial charge in [-0.15, -0.1) is 0 Å². The van der Waals surface area contributed by atoms with Crippen molar-refractivity contribution in [2.24, 2.45) is 5.41 Å². The van der Waals surface area contributed by atoms with Gasteiger partial charge in [-0.3, -0.25) is 4.79 Å². The molecule has 35 heavy (non-hydrogen) atoms. The molecule has 1 heterocycles. The first kappa shape index (κ1) is 26.8. The summed E-state index contributed by atoms with van der Waals surface area (Å²) < 4.78 is 17.6. The van der Waals surface area contributed by atoms with Gasteiger partial charge >= 0.3 is 5.97 Å². The Morgan fingerprint density at radius 3 is 2.34 bits per heavy atom. The van der Waals surface area contributed by atoms with E-state index in [1.165, 1.54) is 7.11 Å². The van der Waals surface area contributed by atoms with Crippen molar-refractivity contribution >= 4 is 16.9 Å². The first-order chi connectivity index (χ1) is 16.9. The van der Waals surface area contributed by atoms with Gasteiger partial charge in [0.15, 0.2) is 0 Å². The molecule has 0 bridgehead atoms. The van der Waals surface area contributed by atoms with Crippen LogP contribution in [0.1, 0.15) is 70.3 Å². The van der Waals surface area contributed by atoms with Gasteiger partial charge in [0.1, 0.15) is 23.7 Å². The Balaban J connectivity index is 2.02. The van der Waals surface area contributed by atoms with Gasteiger partial charge in [0.05, 0.1) is 12.5 Å². The number of esters is 1. The van der Waals surface area contributed by atoms with Crippen molar-refractivity contribution in [3.8, 4) is 5.75 Å². The van der Waals surface area contributed by atoms with Crippen LogP contribution in [0.15, 0.2) is 52.9 Å². The minimum absolute atomic E-state index is 0.227. The summed E-state index contributed by atoms with van der Waals surface area (Å²) in [4.78, 5) is 15.4. The van der Waals surface area contributed by atoms with Crippen LogP contribution in [0.5, 0.6) is 5.75 Å². The van der Waals surface area contributed by atoms with Gasteiger partial charge in [-0.05, 0) is 57.1 Å². The SMILES string of the molecule is CCCCc1oc2ccccc2c1C(c1ccc(OCCN(CC)CC)cc1)C(C)(C)C(=O)OC. The van der Waals surface area contributed by atoms with E-state index in [4.69, 9.17) is 13.9 Å². The van der Waals surface area contributed by atoms with Gasteiger partial charge in [0.25, 0.3) is 0 Å². The van der Waals surface area contributed by atoms with Gasteiger partial charge in [-0.25, -0.2) is 0 Å². The normalized spacial score (nSPS) is 12.8. The molecule has 0 fully saturated rings. The lowest BCUT2D eigenvalue weighted by atomic mass is 9.70. The highest BCUT2D eigenvalue weighted by Gasteiger charge is 2.42. The molecule has 3 aromatic rings. The number of likely N-dealkylation sites (N-methyl/N-ethyl adjacent to an activating group) is 1. The van der Waals surface area contributed by atoms with Gasteiger partial charge in [0, 0.05) is 29.8 Å². The van der Waals surface area contributed by atoms with Crippen LogP contribution in [0.4, 0.5) is 0 Å². The van der Waals surface area contributed by atoms with E-state index < -0.39 is 5.41 Å². The van der Waals surface area contributed by atoms with Gasteiger partial charge in [0.2, 0.25) is 0 Å². The molecule has 0 spiro atoms. The van der Waals surface area contributed by atoms with E-state index in [2.05, 4.69) is 43.9 Å². The van der Waals surface area contributed by atoms with E-state index in [0.29, 0.717) is 6.61 Å². The molecule has 190 valence electrons. The Labute approximate surface area is 210 Å². The van der Waals surface area contributed by atoms with E-state index in [0.717, 1.165) is 72.5 Å². The van der Waals surface area contributed by atoms with Crippen LogP contribution >= 0.6 is 0 Å². The first-order valence-corrected chi connectivity index (χ1v) is 12.9. The number of hydrogen-bond donors (Lipinski definition) is 0. The molecule has 5 nitrogen and oxygen atoms in total. The van der Waals surface area contributed by atoms with Gasteiger partial charge < -0.3 is 18.8 Å². The van der Waals surface area contributed by atoms with Crippen LogP contribution in [-0.2, 0) is 16.0 Å². The average Bonchev–Trinajstić information content (AvgIpc) is 3.23. The number of fused-ring (bicyclic) bond motifs is 1. The third kappa shape index (κ3) is 6.07. The summed E-state index contributed by atoms with van der Waals surface area (Å²) in [6.45, 7) is 14.0. The number of furan rings is 1. The fraction of sp³-hybridized carbons (Fsp3) is 0.500. The number of carbonyl (C=O) groups excluding carboxylic acids is 1. The van der Waals surface area contributed by atoms with E-state index in [9.17, 15) is 4.79 Å². The highest BCUT2D eigenvalue weighted by Crippen LogP contribution is 2.47. The fourth-order valence-corrected chi connectivity index (χ4v) is 4.87. The number of ether oxygens (including phenoxy) is 2. The molecule has 0 aliphatic carbocycles. The summed E-state index contributed by atoms with van der Waals surface area (Å²) in [7, 11) is 1.46. The van der Waals surface area contributed by atoms with Crippen molar-refractivity contribution < 1.29 is 18.7 Å². The van der Waals surface area contributed by atoms with Crippen LogP contribution < -0.4 is 4.74 Å². The number of carbonyl (C=O) groups is 1. The number of unbranched alkanes of at least 4 members (excludes halogenated alkanes) is 1. The predicted octanol–water partition coefficient (Wildman–Crippen LogP) is 6.83. The molecule has 1 unspecified atom stereocenters. The van der Waals surface area contributed by atoms with Crippen LogP contribution in [0.3, 0.4) is 0 Å². The zero-order valence-corrected chi connectivity index (χ0v) is 22.2. The topological polar surface area (TPSA) is 51.9 Å². The molecule has 1 atom stereocenters. The van der Waals surface area contributed by atoms with Crippen molar-refractivity contribution in [3.63, 3.8) is 0 Å². The summed E-state index contributed by atoms with van der Waals surface area (Å²) >= 11 is 0. The molecule has 0 N–H and O–H groups in total. The standard InChI is InChI=1S/C30H41NO4/c1-7-10-14-26-27(24-13-11-12-15-25(24)35-26)28(30(4,5)29(32)33-6)22-16-18-23(19-17-22)34-21-20-31(8-2)9-3/h11-13,15-19,28H,7-10,14,20-21H2,1-6H3. The third-order valence-corrected chi connectivity index (χ3v) is 6.97. The van der Waals surface area contributed by atoms with Crippen molar-refractivity contribution in [3.05, 3.63) is 65.4 Å². The molecular formula is C30H41NO4. The molecule has 0 amide bonds. The highest BCUT2D eigenvalue weighted by molar-refractivity contribution is 5.86. The zero-order valence-electron chi connectivity index (χ0n) is 22.2. The third-order valence-electron chi connectivity index (χ3n) is 6.97. The molecular weight excluding hydrogens is 438 g/mol. The van der Waals surface area contributed by atoms with Crippen LogP contribution in [-0.4, -0.2) is 44.2 Å². The first-order valence-electron chi connectivity index (χ1n) is 12.9. The van der Waals surface area contributed by atoms with Crippen LogP contribution in [0.25, 0.3) is 11.0 Å². The lowest BCUT2D eigenvalue weighted by Gasteiger charge is -2.33. The van der Waals surface area contributed by atoms with Crippen molar-refractivity contribution in [2.45, 2.75) is 59.8 Å². The van der Waals surface area contributed by atoms with E-state index in [1.807, 2.05) is 44.2 Å². The fourth-order valence-electron chi connectivity index (χ4n) is 4.87. The number of benzene rings is 2. The van der Waals surface area contributed by atoms with Crippen LogP contribution in [0.2, 0.25) is 0 Å². The second-order valence-corrected chi connectivity index (χ2v) is 9.63. The molecule has 0 aliphatic rings. The van der Waals surface area contributed by atoms with Crippen LogP contribution in [0, 0.1) is 5.41 Å². The summed E-state index contributed by atoms with van der Waals surface area (Å²) in [6.07, 6.45) is 2.93. The number of methoxy groups -OCH3 is 1. The number of para-hydroxylation sites is 1. The molecule has 0 saturated carbocycles. The van der Waals surface area contributed by atoms with Crippen molar-refractivity contribution in [1.82, 2.24) is 4.90 Å². The maximum Gasteiger partial charge on any atom is 0.312 e. The minimum Gasteiger partial charge on any atom is -0.492 e. The Hall–Kier alpha value is -2.79. The van der Waals surface area contributed by atoms with Crippen molar-refractivity contribution in [2.75, 3.05) is 33.4 Å². The summed E-state index contributed by atoms with van der Waals surface area (Å²) in [5.41, 5.74) is 2.18. The quantitative estimate of drug-likeness (QED) is 0.252. The van der Waals surface area contributed by atoms with Crippen molar-refractivity contribution in [1.29, 1.82) is 0 Å². The second kappa shape index (κ2) is 12.3. The molecule has 1 aromatic heterocycles. The number of aryl methyl sites for hydroxylation is 1. The Bertz CT molecular complexity index is 1080. The van der Waals surface area contributed by atoms with Gasteiger partial charge in [-0.1, -0.05) is 57.5 Å². The van der Waals surface area contributed by atoms with E-state index in [-0.39, 0.29) is 11.9 Å². The molecule has 2 aromatic carbocycles. The zero-order chi connectivity index (χ0) is 25.4. The summed E-state index contributed by atoms with van der Waals surface area (Å²) in [5, 5.41) is 1.06. The lowest BCUT2D eigenvalue weighted by Crippen LogP contribution is -2.33. The van der Waals surface area contributed by atoms with Gasteiger partial charge in [-0.2, -0.15) is 0 Å². The Morgan fingerprint density at radius 1 is 1.03 bits per heavy atom. The smallest absolute Gasteiger partial charge is 0.312 e. The molecule has 0 aliphatic heterocycles. The van der Waals surface area contributed by atoms with E-state index >= 15 is 0 Å². The van der Waals surface area contributed by atoms with E-state index in [1.54, 1.807) is 0 Å². The molecule has 0 radical (unpaired) electrons. The molecule has 5 heteroatoms. The lowest BCUT2D eigenvalue weighted by molar-refractivity contribution is -0.151.